The molecule has 0 aromatic carbocycles. The van der Waals surface area contributed by atoms with E-state index in [0.717, 1.165) is 23.3 Å². The summed E-state index contributed by atoms with van der Waals surface area (Å²) in [5, 5.41) is 1.93. The van der Waals surface area contributed by atoms with Crippen LogP contribution in [0, 0.1) is 0 Å². The number of thiophene rings is 1. The first kappa shape index (κ1) is 10.6. The molecule has 1 fully saturated rings. The van der Waals surface area contributed by atoms with Gasteiger partial charge in [-0.25, -0.2) is 4.79 Å². The van der Waals surface area contributed by atoms with Gasteiger partial charge in [-0.2, -0.15) is 0 Å². The third-order valence-corrected chi connectivity index (χ3v) is 3.41. The van der Waals surface area contributed by atoms with Crippen molar-refractivity contribution in [1.82, 2.24) is 0 Å². The molecule has 3 nitrogen and oxygen atoms in total. The Hall–Kier alpha value is -0.870. The average molecular weight is 226 g/mol. The lowest BCUT2D eigenvalue weighted by Crippen LogP contribution is -2.18. The Morgan fingerprint density at radius 3 is 3.27 bits per heavy atom. The van der Waals surface area contributed by atoms with Crippen LogP contribution >= 0.6 is 11.3 Å². The summed E-state index contributed by atoms with van der Waals surface area (Å²) in [4.78, 5) is 12.5. The first-order valence-corrected chi connectivity index (χ1v) is 6.04. The van der Waals surface area contributed by atoms with Crippen molar-refractivity contribution in [3.05, 3.63) is 21.9 Å². The molecule has 1 aromatic heterocycles. The van der Waals surface area contributed by atoms with Crippen LogP contribution in [0.15, 0.2) is 11.4 Å². The predicted molar refractivity (Wildman–Crippen MR) is 58.3 cm³/mol. The lowest BCUT2D eigenvalue weighted by atomic mass is 10.2. The van der Waals surface area contributed by atoms with Crippen LogP contribution in [0.5, 0.6) is 0 Å². The van der Waals surface area contributed by atoms with Gasteiger partial charge in [0.25, 0.3) is 0 Å². The minimum absolute atomic E-state index is 0.0516. The number of esters is 1. The summed E-state index contributed by atoms with van der Waals surface area (Å²) in [6.07, 6.45) is 1.64. The molecule has 2 rings (SSSR count). The molecule has 1 aliphatic rings. The zero-order valence-electron chi connectivity index (χ0n) is 8.69. The van der Waals surface area contributed by atoms with Crippen LogP contribution in [-0.2, 0) is 15.9 Å². The fourth-order valence-corrected chi connectivity index (χ4v) is 2.48. The Bertz CT molecular complexity index is 339. The number of ether oxygens (including phenoxy) is 2. The van der Waals surface area contributed by atoms with Crippen LogP contribution in [0.4, 0.5) is 0 Å². The van der Waals surface area contributed by atoms with Gasteiger partial charge in [0.05, 0.1) is 13.2 Å². The van der Waals surface area contributed by atoms with Crippen molar-refractivity contribution in [1.29, 1.82) is 0 Å². The lowest BCUT2D eigenvalue weighted by Gasteiger charge is -2.09. The summed E-state index contributed by atoms with van der Waals surface area (Å²) in [5.74, 6) is -0.197. The number of carbonyl (C=O) groups excluding carboxylic acids is 1. The molecule has 0 bridgehead atoms. The zero-order valence-corrected chi connectivity index (χ0v) is 9.51. The maximum absolute atomic E-state index is 11.8. The molecule has 0 amide bonds. The number of rotatable bonds is 3. The summed E-state index contributed by atoms with van der Waals surface area (Å²) in [7, 11) is 0. The molecule has 82 valence electrons. The van der Waals surface area contributed by atoms with Crippen molar-refractivity contribution in [3.8, 4) is 0 Å². The van der Waals surface area contributed by atoms with E-state index in [1.807, 2.05) is 18.4 Å². The van der Waals surface area contributed by atoms with E-state index < -0.39 is 0 Å². The Morgan fingerprint density at radius 2 is 2.60 bits per heavy atom. The molecule has 4 heteroatoms. The number of hydrogen-bond donors (Lipinski definition) is 0. The summed E-state index contributed by atoms with van der Waals surface area (Å²) < 4.78 is 10.5. The molecule has 0 spiro atoms. The average Bonchev–Trinajstić information content (AvgIpc) is 2.86. The predicted octanol–water partition coefficient (Wildman–Crippen LogP) is 2.26. The SMILES string of the molecule is CCc1ccsc1C(=O)O[C@@H]1CCOC1. The third kappa shape index (κ3) is 2.38. The minimum Gasteiger partial charge on any atom is -0.456 e. The van der Waals surface area contributed by atoms with Crippen LogP contribution in [0.3, 0.4) is 0 Å². The second kappa shape index (κ2) is 4.77. The zero-order chi connectivity index (χ0) is 10.7. The van der Waals surface area contributed by atoms with Crippen LogP contribution < -0.4 is 0 Å². The molecule has 0 saturated carbocycles. The molecule has 0 unspecified atom stereocenters. The van der Waals surface area contributed by atoms with Crippen LogP contribution in [-0.4, -0.2) is 25.3 Å². The Morgan fingerprint density at radius 1 is 1.73 bits per heavy atom. The second-order valence-electron chi connectivity index (χ2n) is 3.52. The largest absolute Gasteiger partial charge is 0.456 e. The van der Waals surface area contributed by atoms with Gasteiger partial charge in [-0.1, -0.05) is 6.92 Å². The fourth-order valence-electron chi connectivity index (χ4n) is 1.60. The van der Waals surface area contributed by atoms with Gasteiger partial charge in [0, 0.05) is 6.42 Å². The van der Waals surface area contributed by atoms with Gasteiger partial charge in [0.15, 0.2) is 0 Å². The Labute approximate surface area is 93.0 Å². The molecule has 1 atom stereocenters. The molecule has 15 heavy (non-hydrogen) atoms. The highest BCUT2D eigenvalue weighted by Crippen LogP contribution is 2.20. The number of hydrogen-bond acceptors (Lipinski definition) is 4. The van der Waals surface area contributed by atoms with Gasteiger partial charge in [0.2, 0.25) is 0 Å². The van der Waals surface area contributed by atoms with Gasteiger partial charge in [-0.15, -0.1) is 11.3 Å². The summed E-state index contributed by atoms with van der Waals surface area (Å²) in [5.41, 5.74) is 1.07. The Balaban J connectivity index is 2.00. The van der Waals surface area contributed by atoms with Crippen molar-refractivity contribution < 1.29 is 14.3 Å². The first-order chi connectivity index (χ1) is 7.31. The molecular weight excluding hydrogens is 212 g/mol. The highest BCUT2D eigenvalue weighted by atomic mass is 32.1. The number of carbonyl (C=O) groups is 1. The molecule has 1 aromatic rings. The van der Waals surface area contributed by atoms with E-state index in [4.69, 9.17) is 9.47 Å². The van der Waals surface area contributed by atoms with Gasteiger partial charge >= 0.3 is 5.97 Å². The van der Waals surface area contributed by atoms with Crippen LogP contribution in [0.2, 0.25) is 0 Å². The van der Waals surface area contributed by atoms with Gasteiger partial charge in [-0.05, 0) is 23.4 Å². The van der Waals surface area contributed by atoms with Crippen molar-refractivity contribution in [2.45, 2.75) is 25.9 Å². The minimum atomic E-state index is -0.197. The van der Waals surface area contributed by atoms with Crippen molar-refractivity contribution in [3.63, 3.8) is 0 Å². The van der Waals surface area contributed by atoms with Crippen molar-refractivity contribution in [2.24, 2.45) is 0 Å². The quantitative estimate of drug-likeness (QED) is 0.742. The molecule has 0 radical (unpaired) electrons. The van der Waals surface area contributed by atoms with E-state index in [2.05, 4.69) is 0 Å². The molecule has 0 N–H and O–H groups in total. The van der Waals surface area contributed by atoms with Crippen LogP contribution in [0.1, 0.15) is 28.6 Å². The van der Waals surface area contributed by atoms with E-state index in [9.17, 15) is 4.79 Å². The molecule has 1 aliphatic heterocycles. The summed E-state index contributed by atoms with van der Waals surface area (Å²) >= 11 is 1.45. The fraction of sp³-hybridized carbons (Fsp3) is 0.545. The molecule has 1 saturated heterocycles. The maximum Gasteiger partial charge on any atom is 0.348 e. The van der Waals surface area contributed by atoms with E-state index in [1.54, 1.807) is 0 Å². The Kier molecular flexibility index (Phi) is 3.38. The van der Waals surface area contributed by atoms with E-state index in [0.29, 0.717) is 13.2 Å². The van der Waals surface area contributed by atoms with Gasteiger partial charge in [0.1, 0.15) is 11.0 Å². The third-order valence-electron chi connectivity index (χ3n) is 2.47. The van der Waals surface area contributed by atoms with Gasteiger partial charge in [-0.3, -0.25) is 0 Å². The molecule has 0 aliphatic carbocycles. The van der Waals surface area contributed by atoms with E-state index in [-0.39, 0.29) is 12.1 Å². The highest BCUT2D eigenvalue weighted by molar-refractivity contribution is 7.12. The topological polar surface area (TPSA) is 35.5 Å². The standard InChI is InChI=1S/C11H14O3S/c1-2-8-4-6-15-10(8)11(12)14-9-3-5-13-7-9/h4,6,9H,2-3,5,7H2,1H3/t9-/m1/s1. The first-order valence-electron chi connectivity index (χ1n) is 5.16. The van der Waals surface area contributed by atoms with Crippen molar-refractivity contribution >= 4 is 17.3 Å². The number of aryl methyl sites for hydroxylation is 1. The van der Waals surface area contributed by atoms with Gasteiger partial charge < -0.3 is 9.47 Å². The molecular formula is C11H14O3S. The summed E-state index contributed by atoms with van der Waals surface area (Å²) in [6, 6.07) is 1.98. The van der Waals surface area contributed by atoms with E-state index in [1.165, 1.54) is 11.3 Å². The normalized spacial score (nSPS) is 20.5. The maximum atomic E-state index is 11.8. The molecule has 2 heterocycles. The van der Waals surface area contributed by atoms with E-state index >= 15 is 0 Å². The smallest absolute Gasteiger partial charge is 0.348 e. The lowest BCUT2D eigenvalue weighted by molar-refractivity contribution is 0.0275. The highest BCUT2D eigenvalue weighted by Gasteiger charge is 2.22. The van der Waals surface area contributed by atoms with Crippen LogP contribution in [0.25, 0.3) is 0 Å². The second-order valence-corrected chi connectivity index (χ2v) is 4.44. The monoisotopic (exact) mass is 226 g/mol. The summed E-state index contributed by atoms with van der Waals surface area (Å²) in [6.45, 7) is 3.28. The van der Waals surface area contributed by atoms with Crippen molar-refractivity contribution in [2.75, 3.05) is 13.2 Å².